The maximum Gasteiger partial charge on any atom is 0.490 e. The van der Waals surface area contributed by atoms with Crippen molar-refractivity contribution in [3.05, 3.63) is 64.6 Å². The first kappa shape index (κ1) is 28.3. The van der Waals surface area contributed by atoms with Gasteiger partial charge < -0.3 is 9.74 Å². The largest absolute Gasteiger partial charge is 0.490 e. The van der Waals surface area contributed by atoms with Crippen LogP contribution in [0.25, 0.3) is 11.0 Å². The van der Waals surface area contributed by atoms with Gasteiger partial charge in [-0.15, -0.1) is 13.2 Å². The number of amides is 1. The summed E-state index contributed by atoms with van der Waals surface area (Å²) in [6.07, 6.45) is -5.79. The summed E-state index contributed by atoms with van der Waals surface area (Å²) in [6.45, 7) is 11.3. The summed E-state index contributed by atoms with van der Waals surface area (Å²) in [5, 5.41) is 2.16. The molecule has 2 aromatic heterocycles. The van der Waals surface area contributed by atoms with Gasteiger partial charge in [-0.05, 0) is 55.4 Å². The van der Waals surface area contributed by atoms with Crippen LogP contribution in [0, 0.1) is 5.82 Å². The highest BCUT2D eigenvalue weighted by Gasteiger charge is 2.40. The van der Waals surface area contributed by atoms with Crippen LogP contribution in [0.5, 0.6) is 0 Å². The van der Waals surface area contributed by atoms with E-state index >= 15 is 0 Å². The van der Waals surface area contributed by atoms with Crippen molar-refractivity contribution in [1.82, 2.24) is 19.4 Å². The van der Waals surface area contributed by atoms with Crippen LogP contribution in [-0.2, 0) is 15.5 Å². The van der Waals surface area contributed by atoms with Crippen LogP contribution in [0.1, 0.15) is 44.2 Å². The third-order valence-electron chi connectivity index (χ3n) is 6.44. The number of carbonyl (C=O) groups excluding carboxylic acids is 2. The number of alkyl halides is 3. The Labute approximate surface area is 211 Å². The molecule has 0 radical (unpaired) electrons. The molecule has 0 aliphatic rings. The van der Waals surface area contributed by atoms with E-state index in [9.17, 15) is 31.9 Å². The molecule has 2 atom stereocenters. The molecule has 200 valence electrons. The Bertz CT molecular complexity index is 1370. The molecule has 0 saturated heterocycles. The quantitative estimate of drug-likeness (QED) is 0.266. The molecule has 37 heavy (non-hydrogen) atoms. The Kier molecular flexibility index (Phi) is 7.53. The molecule has 0 bridgehead atoms. The number of fused-ring (bicyclic) bond motifs is 1. The Morgan fingerprint density at radius 3 is 2.22 bits per heavy atom. The maximum atomic E-state index is 13.4. The summed E-state index contributed by atoms with van der Waals surface area (Å²) in [5.74, 6) is -2.13. The van der Waals surface area contributed by atoms with E-state index < -0.39 is 55.7 Å². The molecule has 0 aliphatic heterocycles. The van der Waals surface area contributed by atoms with E-state index in [0.717, 1.165) is 29.0 Å². The standard InChI is InChI=1S/C24H28F4N4O4Si/c1-14(36-37(5,6)23(2,3)4)21(34)29-20(18(33)15-7-9-17(25)10-8-15)31-13-16-11-12-32(24(26,27)28)19(16)30-22(31)35/h7-14,20H,1-6H3,(H,29,34). The summed E-state index contributed by atoms with van der Waals surface area (Å²) >= 11 is 0. The molecular weight excluding hydrogens is 512 g/mol. The Hall–Kier alpha value is -3.32. The summed E-state index contributed by atoms with van der Waals surface area (Å²) in [6, 6.07) is 5.48. The Morgan fingerprint density at radius 1 is 1.08 bits per heavy atom. The van der Waals surface area contributed by atoms with E-state index in [1.807, 2.05) is 33.9 Å². The van der Waals surface area contributed by atoms with Gasteiger partial charge in [-0.2, -0.15) is 4.98 Å². The monoisotopic (exact) mass is 540 g/mol. The molecule has 0 spiro atoms. The zero-order valence-corrected chi connectivity index (χ0v) is 22.2. The molecule has 13 heteroatoms. The van der Waals surface area contributed by atoms with E-state index in [4.69, 9.17) is 4.43 Å². The van der Waals surface area contributed by atoms with E-state index in [1.54, 1.807) is 0 Å². The highest BCUT2D eigenvalue weighted by atomic mass is 28.4. The van der Waals surface area contributed by atoms with Crippen molar-refractivity contribution < 1.29 is 31.6 Å². The van der Waals surface area contributed by atoms with Gasteiger partial charge in [0.2, 0.25) is 11.7 Å². The van der Waals surface area contributed by atoms with Crippen LogP contribution >= 0.6 is 0 Å². The molecule has 8 nitrogen and oxygen atoms in total. The minimum absolute atomic E-state index is 0.0375. The fourth-order valence-electron chi connectivity index (χ4n) is 3.36. The second-order valence-electron chi connectivity index (χ2n) is 10.2. The van der Waals surface area contributed by atoms with E-state index in [2.05, 4.69) is 10.3 Å². The summed E-state index contributed by atoms with van der Waals surface area (Å²) < 4.78 is 59.9. The molecule has 3 rings (SSSR count). The number of Topliss-reactive ketones (excluding diaryl/α,β-unsaturated/α-hetero) is 1. The minimum Gasteiger partial charge on any atom is -0.405 e. The van der Waals surface area contributed by atoms with Crippen LogP contribution in [0.15, 0.2) is 47.5 Å². The predicted octanol–water partition coefficient (Wildman–Crippen LogP) is 4.72. The molecular formula is C24H28F4N4O4Si. The van der Waals surface area contributed by atoms with Crippen LogP contribution in [0.4, 0.5) is 17.6 Å². The number of hydrogen-bond acceptors (Lipinski definition) is 5. The molecule has 1 aromatic carbocycles. The molecule has 2 unspecified atom stereocenters. The van der Waals surface area contributed by atoms with Crippen molar-refractivity contribution >= 4 is 31.0 Å². The second-order valence-corrected chi connectivity index (χ2v) is 14.9. The lowest BCUT2D eigenvalue weighted by Gasteiger charge is -2.38. The summed E-state index contributed by atoms with van der Waals surface area (Å²) in [7, 11) is -2.40. The van der Waals surface area contributed by atoms with Crippen LogP contribution in [-0.4, -0.2) is 40.2 Å². The van der Waals surface area contributed by atoms with Gasteiger partial charge in [0.05, 0.1) is 0 Å². The van der Waals surface area contributed by atoms with Crippen molar-refractivity contribution in [2.24, 2.45) is 0 Å². The summed E-state index contributed by atoms with van der Waals surface area (Å²) in [5.41, 5.74) is -1.89. The van der Waals surface area contributed by atoms with Gasteiger partial charge in [-0.25, -0.2) is 13.8 Å². The Balaban J connectivity index is 2.05. The number of rotatable bonds is 7. The fourth-order valence-corrected chi connectivity index (χ4v) is 4.70. The smallest absolute Gasteiger partial charge is 0.405 e. The molecule has 1 amide bonds. The van der Waals surface area contributed by atoms with Gasteiger partial charge in [0.15, 0.2) is 20.1 Å². The summed E-state index contributed by atoms with van der Waals surface area (Å²) in [4.78, 5) is 42.8. The predicted molar refractivity (Wildman–Crippen MR) is 131 cm³/mol. The number of benzene rings is 1. The molecule has 0 aliphatic carbocycles. The third-order valence-corrected chi connectivity index (χ3v) is 11.0. The highest BCUT2D eigenvalue weighted by Crippen LogP contribution is 2.37. The van der Waals surface area contributed by atoms with Crippen molar-refractivity contribution in [3.63, 3.8) is 0 Å². The zero-order chi connectivity index (χ0) is 27.9. The number of nitrogens with zero attached hydrogens (tertiary/aromatic N) is 3. The number of halogens is 4. The number of ketones is 1. The maximum absolute atomic E-state index is 13.4. The van der Waals surface area contributed by atoms with Crippen LogP contribution < -0.4 is 11.0 Å². The molecule has 0 saturated carbocycles. The van der Waals surface area contributed by atoms with Crippen LogP contribution in [0.2, 0.25) is 18.1 Å². The van der Waals surface area contributed by atoms with Gasteiger partial charge in [0.25, 0.3) is 0 Å². The first-order valence-corrected chi connectivity index (χ1v) is 14.3. The molecule has 1 N–H and O–H groups in total. The van der Waals surface area contributed by atoms with Crippen molar-refractivity contribution in [1.29, 1.82) is 0 Å². The first-order chi connectivity index (χ1) is 16.9. The van der Waals surface area contributed by atoms with Crippen molar-refractivity contribution in [2.45, 2.75) is 64.4 Å². The zero-order valence-electron chi connectivity index (χ0n) is 21.2. The number of aromatic nitrogens is 3. The topological polar surface area (TPSA) is 95.2 Å². The van der Waals surface area contributed by atoms with E-state index in [-0.39, 0.29) is 20.6 Å². The lowest BCUT2D eigenvalue weighted by atomic mass is 10.1. The van der Waals surface area contributed by atoms with E-state index in [1.165, 1.54) is 19.1 Å². The highest BCUT2D eigenvalue weighted by molar-refractivity contribution is 6.74. The average molecular weight is 541 g/mol. The lowest BCUT2D eigenvalue weighted by Crippen LogP contribution is -2.50. The van der Waals surface area contributed by atoms with Gasteiger partial charge in [-0.3, -0.25) is 14.2 Å². The first-order valence-electron chi connectivity index (χ1n) is 11.4. The molecule has 0 fully saturated rings. The normalized spacial score (nSPS) is 14.4. The van der Waals surface area contributed by atoms with Crippen molar-refractivity contribution in [3.8, 4) is 0 Å². The van der Waals surface area contributed by atoms with Gasteiger partial charge >= 0.3 is 12.0 Å². The van der Waals surface area contributed by atoms with Gasteiger partial charge in [0.1, 0.15) is 11.9 Å². The fraction of sp³-hybridized carbons (Fsp3) is 0.417. The Morgan fingerprint density at radius 2 is 1.68 bits per heavy atom. The van der Waals surface area contributed by atoms with Crippen LogP contribution in [0.3, 0.4) is 0 Å². The van der Waals surface area contributed by atoms with Gasteiger partial charge in [-0.1, -0.05) is 20.8 Å². The SMILES string of the molecule is CC(O[Si](C)(C)C(C)(C)C)C(=O)NC(C(=O)c1ccc(F)cc1)n1cc2ccn(C(F)(F)F)c2nc1=O. The second kappa shape index (κ2) is 9.86. The number of nitrogens with one attached hydrogen (secondary N) is 1. The molecule has 2 heterocycles. The average Bonchev–Trinajstić information content (AvgIpc) is 3.19. The lowest BCUT2D eigenvalue weighted by molar-refractivity contribution is -0.201. The van der Waals surface area contributed by atoms with E-state index in [0.29, 0.717) is 6.20 Å². The number of hydrogen-bond donors (Lipinski definition) is 1. The minimum atomic E-state index is -4.82. The molecule has 3 aromatic rings. The third kappa shape index (κ3) is 5.99. The van der Waals surface area contributed by atoms with Gasteiger partial charge in [0, 0.05) is 23.3 Å². The number of carbonyl (C=O) groups is 2. The van der Waals surface area contributed by atoms with Crippen molar-refractivity contribution in [2.75, 3.05) is 0 Å².